The molecule has 0 amide bonds. The summed E-state index contributed by atoms with van der Waals surface area (Å²) >= 11 is 11.6. The van der Waals surface area contributed by atoms with E-state index in [0.717, 1.165) is 24.3 Å². The van der Waals surface area contributed by atoms with Gasteiger partial charge < -0.3 is 5.32 Å². The smallest absolute Gasteiger partial charge is 0.245 e. The van der Waals surface area contributed by atoms with Crippen molar-refractivity contribution in [1.29, 1.82) is 0 Å². The summed E-state index contributed by atoms with van der Waals surface area (Å²) in [4.78, 5) is 4.04. The van der Waals surface area contributed by atoms with Crippen molar-refractivity contribution >= 4 is 29.0 Å². The van der Waals surface area contributed by atoms with Crippen LogP contribution >= 0.6 is 23.2 Å². The normalized spacial score (nSPS) is 30.8. The van der Waals surface area contributed by atoms with Crippen LogP contribution in [0.4, 0.5) is 5.82 Å². The van der Waals surface area contributed by atoms with Gasteiger partial charge in [0, 0.05) is 6.54 Å². The van der Waals surface area contributed by atoms with Gasteiger partial charge in [-0.1, -0.05) is 18.0 Å². The first-order chi connectivity index (χ1) is 8.22. The highest BCUT2D eigenvalue weighted by atomic mass is 35.5. The third-order valence-corrected chi connectivity index (χ3v) is 4.45. The van der Waals surface area contributed by atoms with E-state index in [4.69, 9.17) is 23.2 Å². The fraction of sp³-hybridized carbons (Fsp3) is 0.727. The van der Waals surface area contributed by atoms with Gasteiger partial charge in [0.25, 0.3) is 0 Å². The summed E-state index contributed by atoms with van der Waals surface area (Å²) in [6.07, 6.45) is 5.54. The second kappa shape index (κ2) is 4.58. The van der Waals surface area contributed by atoms with Crippen LogP contribution in [0.25, 0.3) is 0 Å². The Morgan fingerprint density at radius 2 is 2.06 bits per heavy atom. The van der Waals surface area contributed by atoms with Crippen LogP contribution in [0.3, 0.4) is 0 Å². The Kier molecular flexibility index (Phi) is 3.09. The van der Waals surface area contributed by atoms with Gasteiger partial charge in [-0.2, -0.15) is 4.98 Å². The van der Waals surface area contributed by atoms with Crippen LogP contribution in [0.15, 0.2) is 0 Å². The third-order valence-electron chi connectivity index (χ3n) is 4.04. The number of fused-ring (bicyclic) bond motifs is 2. The molecule has 0 saturated heterocycles. The summed E-state index contributed by atoms with van der Waals surface area (Å²) in [6, 6.07) is 0. The van der Waals surface area contributed by atoms with Crippen LogP contribution in [0.5, 0.6) is 0 Å². The van der Waals surface area contributed by atoms with E-state index in [0.29, 0.717) is 5.82 Å². The van der Waals surface area contributed by atoms with Crippen LogP contribution in [0, 0.1) is 17.8 Å². The van der Waals surface area contributed by atoms with Gasteiger partial charge in [0.15, 0.2) is 11.0 Å². The van der Waals surface area contributed by atoms with E-state index in [2.05, 4.69) is 20.5 Å². The van der Waals surface area contributed by atoms with E-state index >= 15 is 0 Å². The van der Waals surface area contributed by atoms with Gasteiger partial charge in [0.2, 0.25) is 5.28 Å². The van der Waals surface area contributed by atoms with E-state index in [-0.39, 0.29) is 10.4 Å². The first-order valence-corrected chi connectivity index (χ1v) is 6.77. The summed E-state index contributed by atoms with van der Waals surface area (Å²) < 4.78 is 0. The van der Waals surface area contributed by atoms with Crippen molar-refractivity contribution in [3.8, 4) is 0 Å². The minimum atomic E-state index is 0.129. The maximum Gasteiger partial charge on any atom is 0.245 e. The van der Waals surface area contributed by atoms with Crippen LogP contribution in [0.2, 0.25) is 10.4 Å². The van der Waals surface area contributed by atoms with Gasteiger partial charge in [-0.05, 0) is 48.6 Å². The molecule has 1 aromatic rings. The molecule has 1 aromatic heterocycles. The summed E-state index contributed by atoms with van der Waals surface area (Å²) in [5.74, 6) is 3.14. The van der Waals surface area contributed by atoms with Gasteiger partial charge in [-0.15, -0.1) is 10.2 Å². The third kappa shape index (κ3) is 2.33. The monoisotopic (exact) mass is 272 g/mol. The zero-order valence-corrected chi connectivity index (χ0v) is 10.9. The molecule has 92 valence electrons. The molecule has 0 aromatic carbocycles. The molecule has 2 fully saturated rings. The van der Waals surface area contributed by atoms with E-state index in [1.54, 1.807) is 0 Å². The Morgan fingerprint density at radius 3 is 2.76 bits per heavy atom. The number of aromatic nitrogens is 3. The van der Waals surface area contributed by atoms with E-state index in [1.807, 2.05) is 0 Å². The zero-order chi connectivity index (χ0) is 11.8. The number of halogens is 2. The van der Waals surface area contributed by atoms with E-state index in [9.17, 15) is 0 Å². The average molecular weight is 273 g/mol. The second-order valence-electron chi connectivity index (χ2n) is 5.04. The number of nitrogens with one attached hydrogen (secondary N) is 1. The molecule has 0 spiro atoms. The van der Waals surface area contributed by atoms with Crippen molar-refractivity contribution in [2.45, 2.75) is 25.7 Å². The lowest BCUT2D eigenvalue weighted by Crippen LogP contribution is -2.21. The molecular formula is C11H14Cl2N4. The van der Waals surface area contributed by atoms with Gasteiger partial charge in [0.1, 0.15) is 0 Å². The minimum Gasteiger partial charge on any atom is -0.367 e. The maximum absolute atomic E-state index is 5.90. The molecule has 2 aliphatic carbocycles. The van der Waals surface area contributed by atoms with Crippen molar-refractivity contribution < 1.29 is 0 Å². The lowest BCUT2D eigenvalue weighted by Gasteiger charge is -2.22. The summed E-state index contributed by atoms with van der Waals surface area (Å²) in [7, 11) is 0. The molecule has 2 bridgehead atoms. The van der Waals surface area contributed by atoms with Crippen molar-refractivity contribution in [2.24, 2.45) is 17.8 Å². The molecule has 17 heavy (non-hydrogen) atoms. The largest absolute Gasteiger partial charge is 0.367 e. The average Bonchev–Trinajstić information content (AvgIpc) is 2.92. The Morgan fingerprint density at radius 1 is 1.18 bits per heavy atom. The van der Waals surface area contributed by atoms with Crippen LogP contribution in [-0.4, -0.2) is 21.7 Å². The van der Waals surface area contributed by atoms with Crippen molar-refractivity contribution in [1.82, 2.24) is 15.2 Å². The lowest BCUT2D eigenvalue weighted by atomic mass is 9.89. The fourth-order valence-electron chi connectivity index (χ4n) is 3.26. The highest BCUT2D eigenvalue weighted by molar-refractivity contribution is 6.32. The second-order valence-corrected chi connectivity index (χ2v) is 5.73. The first kappa shape index (κ1) is 11.5. The Labute approximate surface area is 110 Å². The highest BCUT2D eigenvalue weighted by Crippen LogP contribution is 2.48. The predicted molar refractivity (Wildman–Crippen MR) is 67.3 cm³/mol. The van der Waals surface area contributed by atoms with Crippen LogP contribution < -0.4 is 5.32 Å². The Bertz CT molecular complexity index is 426. The molecule has 4 nitrogen and oxygen atoms in total. The molecule has 2 aliphatic rings. The predicted octanol–water partition coefficient (Wildman–Crippen LogP) is 3.03. The molecule has 0 radical (unpaired) electrons. The van der Waals surface area contributed by atoms with Gasteiger partial charge >= 0.3 is 0 Å². The van der Waals surface area contributed by atoms with Gasteiger partial charge in [-0.3, -0.25) is 0 Å². The molecule has 3 rings (SSSR count). The molecule has 1 N–H and O–H groups in total. The zero-order valence-electron chi connectivity index (χ0n) is 9.37. The fourth-order valence-corrected chi connectivity index (χ4v) is 3.53. The number of hydrogen-bond acceptors (Lipinski definition) is 4. The van der Waals surface area contributed by atoms with Crippen LogP contribution in [-0.2, 0) is 0 Å². The molecule has 6 heteroatoms. The van der Waals surface area contributed by atoms with Crippen LogP contribution in [0.1, 0.15) is 25.7 Å². The van der Waals surface area contributed by atoms with Gasteiger partial charge in [0.05, 0.1) is 0 Å². The summed E-state index contributed by atoms with van der Waals surface area (Å²) in [5, 5.41) is 11.0. The molecule has 1 heterocycles. The lowest BCUT2D eigenvalue weighted by molar-refractivity contribution is 0.348. The molecule has 3 unspecified atom stereocenters. The maximum atomic E-state index is 5.90. The van der Waals surface area contributed by atoms with Crippen molar-refractivity contribution in [3.05, 3.63) is 10.4 Å². The number of anilines is 1. The molecule has 2 saturated carbocycles. The molecule has 3 atom stereocenters. The summed E-state index contributed by atoms with van der Waals surface area (Å²) in [5.41, 5.74) is 0. The Balaban J connectivity index is 1.62. The molecule has 0 aliphatic heterocycles. The van der Waals surface area contributed by atoms with E-state index < -0.39 is 0 Å². The number of rotatable bonds is 3. The van der Waals surface area contributed by atoms with Crippen molar-refractivity contribution in [2.75, 3.05) is 11.9 Å². The standard InChI is InChI=1S/C11H14Cl2N4/c12-9-10(15-11(13)17-16-9)14-5-8-4-6-1-2-7(8)3-6/h6-8H,1-5H2,(H,14,15,17). The van der Waals surface area contributed by atoms with Gasteiger partial charge in [-0.25, -0.2) is 0 Å². The quantitative estimate of drug-likeness (QED) is 0.919. The highest BCUT2D eigenvalue weighted by Gasteiger charge is 2.39. The SMILES string of the molecule is Clc1nnc(Cl)c(NCC2CC3CCC2C3)n1. The van der Waals surface area contributed by atoms with Crippen molar-refractivity contribution in [3.63, 3.8) is 0 Å². The first-order valence-electron chi connectivity index (χ1n) is 6.02. The van der Waals surface area contributed by atoms with E-state index in [1.165, 1.54) is 25.7 Å². The Hall–Kier alpha value is -0.610. The number of nitrogens with zero attached hydrogens (tertiary/aromatic N) is 3. The molecular weight excluding hydrogens is 259 g/mol. The summed E-state index contributed by atoms with van der Waals surface area (Å²) in [6.45, 7) is 0.913. The topological polar surface area (TPSA) is 50.7 Å². The number of hydrogen-bond donors (Lipinski definition) is 1. The minimum absolute atomic E-state index is 0.129.